The number of nitrogens with zero attached hydrogens (tertiary/aromatic N) is 2. The molecule has 0 saturated heterocycles. The molecule has 2 aromatic rings. The van der Waals surface area contributed by atoms with E-state index in [1.165, 1.54) is 16.9 Å². The lowest BCUT2D eigenvalue weighted by Crippen LogP contribution is -2.17. The van der Waals surface area contributed by atoms with Gasteiger partial charge in [-0.3, -0.25) is 9.48 Å². The Morgan fingerprint density at radius 3 is 2.72 bits per heavy atom. The third-order valence-corrected chi connectivity index (χ3v) is 2.39. The summed E-state index contributed by atoms with van der Waals surface area (Å²) >= 11 is 0. The number of rotatable bonds is 2. The van der Waals surface area contributed by atoms with Crippen LogP contribution in [0.25, 0.3) is 0 Å². The van der Waals surface area contributed by atoms with Gasteiger partial charge in [0.15, 0.2) is 0 Å². The first-order chi connectivity index (χ1) is 8.49. The minimum absolute atomic E-state index is 0.180. The highest BCUT2D eigenvalue weighted by molar-refractivity contribution is 6.03. The zero-order chi connectivity index (χ0) is 13.3. The second-order valence-corrected chi connectivity index (χ2v) is 3.65. The van der Waals surface area contributed by atoms with Crippen LogP contribution in [0.1, 0.15) is 10.5 Å². The second-order valence-electron chi connectivity index (χ2n) is 3.65. The quantitative estimate of drug-likeness (QED) is 0.796. The van der Waals surface area contributed by atoms with Crippen LogP contribution in [0.5, 0.6) is 0 Å². The average molecular weight is 252 g/mol. The SMILES string of the molecule is Cn1nccc1C(=O)Nc1cc(N)c(F)cc1F. The first-order valence-electron chi connectivity index (χ1n) is 5.03. The van der Waals surface area contributed by atoms with Crippen molar-refractivity contribution in [3.05, 3.63) is 41.7 Å². The molecule has 3 N–H and O–H groups in total. The van der Waals surface area contributed by atoms with Crippen LogP contribution in [-0.2, 0) is 7.05 Å². The van der Waals surface area contributed by atoms with E-state index in [-0.39, 0.29) is 17.1 Å². The predicted molar refractivity (Wildman–Crippen MR) is 61.9 cm³/mol. The molecule has 0 aliphatic heterocycles. The highest BCUT2D eigenvalue weighted by Crippen LogP contribution is 2.21. The lowest BCUT2D eigenvalue weighted by Gasteiger charge is -2.08. The molecule has 1 aromatic carbocycles. The van der Waals surface area contributed by atoms with Crippen molar-refractivity contribution in [2.75, 3.05) is 11.1 Å². The molecule has 0 radical (unpaired) electrons. The van der Waals surface area contributed by atoms with Gasteiger partial charge in [0.2, 0.25) is 0 Å². The summed E-state index contributed by atoms with van der Waals surface area (Å²) in [6.07, 6.45) is 1.43. The van der Waals surface area contributed by atoms with Gasteiger partial charge in [-0.2, -0.15) is 5.10 Å². The Bertz CT molecular complexity index is 609. The summed E-state index contributed by atoms with van der Waals surface area (Å²) in [5.74, 6) is -2.32. The summed E-state index contributed by atoms with van der Waals surface area (Å²) in [7, 11) is 1.57. The van der Waals surface area contributed by atoms with Crippen molar-refractivity contribution in [2.24, 2.45) is 7.05 Å². The molecule has 0 atom stereocenters. The number of aryl methyl sites for hydroxylation is 1. The van der Waals surface area contributed by atoms with Crippen LogP contribution in [0.3, 0.4) is 0 Å². The lowest BCUT2D eigenvalue weighted by molar-refractivity contribution is 0.101. The van der Waals surface area contributed by atoms with Crippen LogP contribution < -0.4 is 11.1 Å². The second kappa shape index (κ2) is 4.44. The molecule has 0 fully saturated rings. The number of hydrogen-bond acceptors (Lipinski definition) is 3. The Hall–Kier alpha value is -2.44. The van der Waals surface area contributed by atoms with Crippen molar-refractivity contribution in [3.63, 3.8) is 0 Å². The fraction of sp³-hybridized carbons (Fsp3) is 0.0909. The van der Waals surface area contributed by atoms with Gasteiger partial charge in [-0.15, -0.1) is 0 Å². The largest absolute Gasteiger partial charge is 0.396 e. The highest BCUT2D eigenvalue weighted by Gasteiger charge is 2.14. The summed E-state index contributed by atoms with van der Waals surface area (Å²) in [6.45, 7) is 0. The molecule has 0 aliphatic rings. The number of halogens is 2. The smallest absolute Gasteiger partial charge is 0.273 e. The summed E-state index contributed by atoms with van der Waals surface area (Å²) in [5.41, 5.74) is 5.13. The summed E-state index contributed by atoms with van der Waals surface area (Å²) < 4.78 is 27.7. The number of nitrogens with one attached hydrogen (secondary N) is 1. The lowest BCUT2D eigenvalue weighted by atomic mass is 10.2. The van der Waals surface area contributed by atoms with Crippen molar-refractivity contribution >= 4 is 17.3 Å². The van der Waals surface area contributed by atoms with E-state index in [0.717, 1.165) is 6.07 Å². The van der Waals surface area contributed by atoms with Crippen LogP contribution in [0.4, 0.5) is 20.2 Å². The Morgan fingerprint density at radius 1 is 1.39 bits per heavy atom. The molecule has 0 bridgehead atoms. The molecule has 7 heteroatoms. The molecule has 0 unspecified atom stereocenters. The van der Waals surface area contributed by atoms with Gasteiger partial charge in [-0.05, 0) is 12.1 Å². The fourth-order valence-electron chi connectivity index (χ4n) is 1.44. The Kier molecular flexibility index (Phi) is 2.97. The zero-order valence-electron chi connectivity index (χ0n) is 9.45. The molecule has 1 amide bonds. The Labute approximate surface area is 101 Å². The molecule has 2 rings (SSSR count). The molecule has 94 valence electrons. The number of hydrogen-bond donors (Lipinski definition) is 2. The van der Waals surface area contributed by atoms with Gasteiger partial charge < -0.3 is 11.1 Å². The molecule has 5 nitrogen and oxygen atoms in total. The van der Waals surface area contributed by atoms with Gasteiger partial charge in [0.1, 0.15) is 17.3 Å². The molecule has 18 heavy (non-hydrogen) atoms. The van der Waals surface area contributed by atoms with E-state index in [4.69, 9.17) is 5.73 Å². The summed E-state index contributed by atoms with van der Waals surface area (Å²) in [5, 5.41) is 6.11. The number of aromatic nitrogens is 2. The minimum Gasteiger partial charge on any atom is -0.396 e. The topological polar surface area (TPSA) is 72.9 Å². The number of amides is 1. The molecule has 0 aliphatic carbocycles. The van der Waals surface area contributed by atoms with Crippen molar-refractivity contribution < 1.29 is 13.6 Å². The van der Waals surface area contributed by atoms with E-state index in [0.29, 0.717) is 6.07 Å². The fourth-order valence-corrected chi connectivity index (χ4v) is 1.44. The van der Waals surface area contributed by atoms with Gasteiger partial charge in [0, 0.05) is 19.3 Å². The first kappa shape index (κ1) is 12.0. The number of carbonyl (C=O) groups is 1. The van der Waals surface area contributed by atoms with Crippen LogP contribution >= 0.6 is 0 Å². The van der Waals surface area contributed by atoms with E-state index in [9.17, 15) is 13.6 Å². The molecular formula is C11H10F2N4O. The number of carbonyl (C=O) groups excluding carboxylic acids is 1. The minimum atomic E-state index is -0.891. The molecule has 1 heterocycles. The van der Waals surface area contributed by atoms with Crippen LogP contribution in [0.2, 0.25) is 0 Å². The average Bonchev–Trinajstić information content (AvgIpc) is 2.72. The summed E-state index contributed by atoms with van der Waals surface area (Å²) in [4.78, 5) is 11.8. The third kappa shape index (κ3) is 2.15. The van der Waals surface area contributed by atoms with Crippen LogP contribution in [0, 0.1) is 11.6 Å². The Morgan fingerprint density at radius 2 is 2.11 bits per heavy atom. The molecule has 0 saturated carbocycles. The van der Waals surface area contributed by atoms with E-state index in [2.05, 4.69) is 10.4 Å². The van der Waals surface area contributed by atoms with Gasteiger partial charge in [-0.25, -0.2) is 8.78 Å². The summed E-state index contributed by atoms with van der Waals surface area (Å²) in [6, 6.07) is 3.12. The van der Waals surface area contributed by atoms with Crippen molar-refractivity contribution in [2.45, 2.75) is 0 Å². The van der Waals surface area contributed by atoms with Gasteiger partial charge in [-0.1, -0.05) is 0 Å². The monoisotopic (exact) mass is 252 g/mol. The maximum atomic E-state index is 13.4. The molecule has 1 aromatic heterocycles. The highest BCUT2D eigenvalue weighted by atomic mass is 19.1. The van der Waals surface area contributed by atoms with E-state index < -0.39 is 17.5 Å². The van der Waals surface area contributed by atoms with E-state index >= 15 is 0 Å². The first-order valence-corrected chi connectivity index (χ1v) is 5.03. The predicted octanol–water partition coefficient (Wildman–Crippen LogP) is 1.53. The van der Waals surface area contributed by atoms with Crippen molar-refractivity contribution in [3.8, 4) is 0 Å². The van der Waals surface area contributed by atoms with E-state index in [1.54, 1.807) is 7.05 Å². The van der Waals surface area contributed by atoms with Crippen molar-refractivity contribution in [1.82, 2.24) is 9.78 Å². The molecule has 0 spiro atoms. The maximum absolute atomic E-state index is 13.4. The third-order valence-electron chi connectivity index (χ3n) is 2.39. The van der Waals surface area contributed by atoms with Gasteiger partial charge in [0.25, 0.3) is 5.91 Å². The number of nitrogen functional groups attached to an aromatic ring is 1. The standard InChI is InChI=1S/C11H10F2N4O/c1-17-10(2-3-15-17)11(18)16-9-5-8(14)6(12)4-7(9)13/h2-5H,14H2,1H3,(H,16,18). The number of benzene rings is 1. The number of anilines is 2. The van der Waals surface area contributed by atoms with Crippen LogP contribution in [0.15, 0.2) is 24.4 Å². The van der Waals surface area contributed by atoms with Gasteiger partial charge in [0.05, 0.1) is 11.4 Å². The zero-order valence-corrected chi connectivity index (χ0v) is 9.45. The number of nitrogens with two attached hydrogens (primary N) is 1. The van der Waals surface area contributed by atoms with Crippen molar-refractivity contribution in [1.29, 1.82) is 0 Å². The molecular weight excluding hydrogens is 242 g/mol. The maximum Gasteiger partial charge on any atom is 0.273 e. The van der Waals surface area contributed by atoms with E-state index in [1.807, 2.05) is 0 Å². The van der Waals surface area contributed by atoms with Gasteiger partial charge >= 0.3 is 0 Å². The Balaban J connectivity index is 2.28. The van der Waals surface area contributed by atoms with Crippen LogP contribution in [-0.4, -0.2) is 15.7 Å². The normalized spacial score (nSPS) is 10.4.